The van der Waals surface area contributed by atoms with E-state index in [0.29, 0.717) is 31.3 Å². The first-order valence-electron chi connectivity index (χ1n) is 8.71. The van der Waals surface area contributed by atoms with Crippen molar-refractivity contribution in [2.45, 2.75) is 43.9 Å². The molecule has 132 valence electrons. The number of hydrogen-bond acceptors (Lipinski definition) is 4. The maximum Gasteiger partial charge on any atom is 0.233 e. The Labute approximate surface area is 153 Å². The van der Waals surface area contributed by atoms with Gasteiger partial charge < -0.3 is 9.47 Å². The third kappa shape index (κ3) is 4.51. The Morgan fingerprint density at radius 3 is 2.76 bits per heavy atom. The van der Waals surface area contributed by atoms with Crippen LogP contribution >= 0.6 is 11.8 Å². The first-order valence-corrected chi connectivity index (χ1v) is 9.70. The lowest BCUT2D eigenvalue weighted by Crippen LogP contribution is -2.31. The zero-order valence-electron chi connectivity index (χ0n) is 14.6. The minimum absolute atomic E-state index is 0.123. The van der Waals surface area contributed by atoms with Crippen molar-refractivity contribution >= 4 is 17.7 Å². The summed E-state index contributed by atoms with van der Waals surface area (Å²) >= 11 is 1.47. The van der Waals surface area contributed by atoms with Crippen LogP contribution in [-0.2, 0) is 17.9 Å². The van der Waals surface area contributed by atoms with Crippen LogP contribution in [0.2, 0.25) is 0 Å². The number of benzene rings is 1. The summed E-state index contributed by atoms with van der Waals surface area (Å²) in [7, 11) is 0. The summed E-state index contributed by atoms with van der Waals surface area (Å²) in [5.74, 6) is 2.06. The molecule has 0 bridgehead atoms. The van der Waals surface area contributed by atoms with Crippen molar-refractivity contribution in [3.63, 3.8) is 0 Å². The summed E-state index contributed by atoms with van der Waals surface area (Å²) in [4.78, 5) is 14.5. The quantitative estimate of drug-likeness (QED) is 0.510. The average molecular weight is 356 g/mol. The largest absolute Gasteiger partial charge is 0.338 e. The fraction of sp³-hybridized carbons (Fsp3) is 0.421. The highest BCUT2D eigenvalue weighted by Crippen LogP contribution is 2.40. The van der Waals surface area contributed by atoms with Gasteiger partial charge in [0.15, 0.2) is 5.16 Å². The topological polar surface area (TPSA) is 51.0 Å². The van der Waals surface area contributed by atoms with Crippen molar-refractivity contribution in [3.8, 4) is 0 Å². The van der Waals surface area contributed by atoms with E-state index < -0.39 is 0 Å². The molecule has 5 nitrogen and oxygen atoms in total. The molecule has 1 fully saturated rings. The zero-order valence-corrected chi connectivity index (χ0v) is 15.4. The minimum atomic E-state index is 0.123. The molecule has 0 saturated heterocycles. The second kappa shape index (κ2) is 8.34. The monoisotopic (exact) mass is 356 g/mol. The number of allylic oxidation sites excluding steroid dienone is 1. The van der Waals surface area contributed by atoms with E-state index in [9.17, 15) is 4.79 Å². The standard InChI is InChI=1S/C19H24N4OS/c1-3-12-23-18(16-10-11-16)20-21-19(23)25-14-17(24)22(4-2)13-15-8-6-5-7-9-15/h3,5-9,16H,1,4,10-14H2,2H3. The van der Waals surface area contributed by atoms with Crippen LogP contribution < -0.4 is 0 Å². The van der Waals surface area contributed by atoms with Crippen LogP contribution in [0.15, 0.2) is 48.1 Å². The zero-order chi connectivity index (χ0) is 17.6. The van der Waals surface area contributed by atoms with E-state index >= 15 is 0 Å². The molecule has 0 spiro atoms. The van der Waals surface area contributed by atoms with Gasteiger partial charge in [0.2, 0.25) is 5.91 Å². The smallest absolute Gasteiger partial charge is 0.233 e. The van der Waals surface area contributed by atoms with E-state index in [2.05, 4.69) is 21.3 Å². The Morgan fingerprint density at radius 2 is 2.12 bits per heavy atom. The molecule has 1 aromatic carbocycles. The van der Waals surface area contributed by atoms with Gasteiger partial charge in [0, 0.05) is 25.6 Å². The highest BCUT2D eigenvalue weighted by atomic mass is 32.2. The summed E-state index contributed by atoms with van der Waals surface area (Å²) in [6.07, 6.45) is 4.22. The van der Waals surface area contributed by atoms with Gasteiger partial charge in [-0.3, -0.25) is 4.79 Å². The predicted octanol–water partition coefficient (Wildman–Crippen LogP) is 3.48. The van der Waals surface area contributed by atoms with E-state index in [4.69, 9.17) is 0 Å². The van der Waals surface area contributed by atoms with Crippen molar-refractivity contribution in [1.82, 2.24) is 19.7 Å². The van der Waals surface area contributed by atoms with E-state index in [1.165, 1.54) is 24.6 Å². The maximum absolute atomic E-state index is 12.6. The number of amides is 1. The molecule has 0 unspecified atom stereocenters. The van der Waals surface area contributed by atoms with Crippen molar-refractivity contribution in [1.29, 1.82) is 0 Å². The van der Waals surface area contributed by atoms with Gasteiger partial charge in [-0.25, -0.2) is 0 Å². The molecule has 2 aromatic rings. The number of thioether (sulfide) groups is 1. The lowest BCUT2D eigenvalue weighted by molar-refractivity contribution is -0.128. The third-order valence-electron chi connectivity index (χ3n) is 4.28. The highest BCUT2D eigenvalue weighted by Gasteiger charge is 2.30. The molecule has 1 heterocycles. The van der Waals surface area contributed by atoms with Crippen LogP contribution in [0.25, 0.3) is 0 Å². The molecule has 1 amide bonds. The highest BCUT2D eigenvalue weighted by molar-refractivity contribution is 7.99. The van der Waals surface area contributed by atoms with Gasteiger partial charge in [-0.15, -0.1) is 16.8 Å². The minimum Gasteiger partial charge on any atom is -0.338 e. The second-order valence-corrected chi connectivity index (χ2v) is 7.14. The van der Waals surface area contributed by atoms with Crippen molar-refractivity contribution in [3.05, 3.63) is 54.4 Å². The van der Waals surface area contributed by atoms with Crippen molar-refractivity contribution in [2.75, 3.05) is 12.3 Å². The molecule has 1 aliphatic carbocycles. The number of aromatic nitrogens is 3. The van der Waals surface area contributed by atoms with Crippen LogP contribution in [0.3, 0.4) is 0 Å². The SMILES string of the molecule is C=CCn1c(SCC(=O)N(CC)Cc2ccccc2)nnc1C1CC1. The fourth-order valence-corrected chi connectivity index (χ4v) is 3.61. The maximum atomic E-state index is 12.6. The molecule has 1 saturated carbocycles. The van der Waals surface area contributed by atoms with E-state index in [1.54, 1.807) is 0 Å². The fourth-order valence-electron chi connectivity index (χ4n) is 2.75. The van der Waals surface area contributed by atoms with Crippen LogP contribution in [0, 0.1) is 0 Å². The Morgan fingerprint density at radius 1 is 1.36 bits per heavy atom. The molecular weight excluding hydrogens is 332 g/mol. The number of rotatable bonds is 9. The Balaban J connectivity index is 1.62. The Kier molecular flexibility index (Phi) is 5.91. The van der Waals surface area contributed by atoms with E-state index in [-0.39, 0.29) is 5.91 Å². The summed E-state index contributed by atoms with van der Waals surface area (Å²) in [5, 5.41) is 9.43. The van der Waals surface area contributed by atoms with E-state index in [1.807, 2.05) is 48.2 Å². The Hall–Kier alpha value is -2.08. The summed E-state index contributed by atoms with van der Waals surface area (Å²) < 4.78 is 2.09. The molecule has 0 N–H and O–H groups in total. The number of carbonyl (C=O) groups is 1. The van der Waals surface area contributed by atoms with E-state index in [0.717, 1.165) is 16.5 Å². The lowest BCUT2D eigenvalue weighted by Gasteiger charge is -2.20. The van der Waals surface area contributed by atoms with Crippen LogP contribution in [-0.4, -0.2) is 37.9 Å². The Bertz CT molecular complexity index is 724. The van der Waals surface area contributed by atoms with Crippen LogP contribution in [0.4, 0.5) is 0 Å². The first-order chi connectivity index (χ1) is 12.2. The van der Waals surface area contributed by atoms with Crippen LogP contribution in [0.5, 0.6) is 0 Å². The third-order valence-corrected chi connectivity index (χ3v) is 5.23. The van der Waals surface area contributed by atoms with Gasteiger partial charge in [0.05, 0.1) is 5.75 Å². The normalized spacial score (nSPS) is 13.6. The van der Waals surface area contributed by atoms with Crippen molar-refractivity contribution < 1.29 is 4.79 Å². The predicted molar refractivity (Wildman–Crippen MR) is 100 cm³/mol. The van der Waals surface area contributed by atoms with Gasteiger partial charge >= 0.3 is 0 Å². The molecule has 1 aliphatic rings. The molecule has 3 rings (SSSR count). The number of hydrogen-bond donors (Lipinski definition) is 0. The van der Waals surface area contributed by atoms with Crippen molar-refractivity contribution in [2.24, 2.45) is 0 Å². The summed E-state index contributed by atoms with van der Waals surface area (Å²) in [5.41, 5.74) is 1.15. The molecular formula is C19H24N4OS. The number of nitrogens with zero attached hydrogens (tertiary/aromatic N) is 4. The molecule has 0 atom stereocenters. The number of carbonyl (C=O) groups excluding carboxylic acids is 1. The lowest BCUT2D eigenvalue weighted by atomic mass is 10.2. The summed E-state index contributed by atoms with van der Waals surface area (Å²) in [6, 6.07) is 10.1. The van der Waals surface area contributed by atoms with Crippen LogP contribution in [0.1, 0.15) is 37.1 Å². The molecule has 0 radical (unpaired) electrons. The molecule has 1 aromatic heterocycles. The molecule has 0 aliphatic heterocycles. The first kappa shape index (κ1) is 17.7. The average Bonchev–Trinajstić information content (AvgIpc) is 3.41. The van der Waals surface area contributed by atoms with Gasteiger partial charge in [0.1, 0.15) is 5.82 Å². The summed E-state index contributed by atoms with van der Waals surface area (Å²) in [6.45, 7) is 7.86. The molecule has 6 heteroatoms. The second-order valence-electron chi connectivity index (χ2n) is 6.20. The van der Waals surface area contributed by atoms with Gasteiger partial charge in [-0.1, -0.05) is 48.2 Å². The van der Waals surface area contributed by atoms with Gasteiger partial charge in [-0.2, -0.15) is 0 Å². The van der Waals surface area contributed by atoms with Gasteiger partial charge in [0.25, 0.3) is 0 Å². The molecule has 25 heavy (non-hydrogen) atoms. The van der Waals surface area contributed by atoms with Gasteiger partial charge in [-0.05, 0) is 25.3 Å².